The van der Waals surface area contributed by atoms with Crippen molar-refractivity contribution in [2.45, 2.75) is 31.2 Å². The molecule has 0 saturated carbocycles. The van der Waals surface area contributed by atoms with Gasteiger partial charge < -0.3 is 0 Å². The first-order valence-electron chi connectivity index (χ1n) is 9.78. The number of thioether (sulfide) groups is 1. The van der Waals surface area contributed by atoms with Crippen molar-refractivity contribution in [1.29, 1.82) is 0 Å². The number of aryl methyl sites for hydroxylation is 2. The summed E-state index contributed by atoms with van der Waals surface area (Å²) in [6.07, 6.45) is 3.12. The van der Waals surface area contributed by atoms with Gasteiger partial charge in [-0.1, -0.05) is 30.0 Å². The summed E-state index contributed by atoms with van der Waals surface area (Å²) < 4.78 is 1.57. The second-order valence-electron chi connectivity index (χ2n) is 7.14. The molecule has 2 heterocycles. The maximum Gasteiger partial charge on any atom is 0.266 e. The van der Waals surface area contributed by atoms with Crippen molar-refractivity contribution < 1.29 is 4.79 Å². The number of nitrogens with one attached hydrogen (secondary N) is 1. The number of aromatic nitrogens is 4. The van der Waals surface area contributed by atoms with E-state index in [1.807, 2.05) is 44.2 Å². The van der Waals surface area contributed by atoms with Gasteiger partial charge in [-0.3, -0.25) is 19.5 Å². The molecule has 0 spiro atoms. The van der Waals surface area contributed by atoms with E-state index in [1.165, 1.54) is 11.8 Å². The summed E-state index contributed by atoms with van der Waals surface area (Å²) in [6, 6.07) is 14.7. The van der Waals surface area contributed by atoms with Crippen LogP contribution >= 0.6 is 11.8 Å². The van der Waals surface area contributed by atoms with Crippen molar-refractivity contribution in [2.75, 3.05) is 5.32 Å². The molecule has 1 atom stereocenters. The normalized spacial score (nSPS) is 12.0. The Morgan fingerprint density at radius 1 is 1.03 bits per heavy atom. The Morgan fingerprint density at radius 3 is 2.52 bits per heavy atom. The van der Waals surface area contributed by atoms with E-state index in [4.69, 9.17) is 4.98 Å². The number of para-hydroxylation sites is 1. The van der Waals surface area contributed by atoms with Crippen LogP contribution in [0.15, 0.2) is 70.9 Å². The Morgan fingerprint density at radius 2 is 1.77 bits per heavy atom. The number of fused-ring (bicyclic) bond motifs is 1. The zero-order valence-electron chi connectivity index (χ0n) is 17.4. The molecule has 0 aliphatic heterocycles. The number of hydrogen-bond donors (Lipinski definition) is 1. The van der Waals surface area contributed by atoms with E-state index in [2.05, 4.69) is 15.3 Å². The predicted octanol–water partition coefficient (Wildman–Crippen LogP) is 3.91. The van der Waals surface area contributed by atoms with Gasteiger partial charge in [-0.2, -0.15) is 0 Å². The van der Waals surface area contributed by atoms with Crippen molar-refractivity contribution in [3.05, 3.63) is 82.4 Å². The second-order valence-corrected chi connectivity index (χ2v) is 8.45. The van der Waals surface area contributed by atoms with Crippen LogP contribution in [-0.4, -0.2) is 30.7 Å². The number of anilines is 1. The van der Waals surface area contributed by atoms with Gasteiger partial charge >= 0.3 is 0 Å². The molecule has 4 rings (SSSR count). The van der Waals surface area contributed by atoms with Crippen LogP contribution in [0.25, 0.3) is 16.6 Å². The standard InChI is InChI=1S/C23H21N5O2S/c1-14-9-10-17(13-15(14)2)28-21(30)18-7-4-5-8-19(18)26-23(28)31-16(3)20(29)27-22-24-11-6-12-25-22/h4-13,16H,1-3H3,(H,24,25,27,29). The van der Waals surface area contributed by atoms with Crippen LogP contribution in [0.3, 0.4) is 0 Å². The Labute approximate surface area is 183 Å². The average molecular weight is 432 g/mol. The number of amides is 1. The highest BCUT2D eigenvalue weighted by Gasteiger charge is 2.21. The third-order valence-electron chi connectivity index (χ3n) is 4.95. The minimum absolute atomic E-state index is 0.171. The summed E-state index contributed by atoms with van der Waals surface area (Å²) in [7, 11) is 0. The first kappa shape index (κ1) is 20.7. The quantitative estimate of drug-likeness (QED) is 0.381. The van der Waals surface area contributed by atoms with E-state index < -0.39 is 5.25 Å². The summed E-state index contributed by atoms with van der Waals surface area (Å²) in [5.41, 5.74) is 3.34. The van der Waals surface area contributed by atoms with E-state index in [-0.39, 0.29) is 17.4 Å². The van der Waals surface area contributed by atoms with E-state index in [0.717, 1.165) is 11.1 Å². The summed E-state index contributed by atoms with van der Waals surface area (Å²) in [6.45, 7) is 5.78. The fourth-order valence-corrected chi connectivity index (χ4v) is 4.00. The minimum Gasteiger partial charge on any atom is -0.294 e. The number of carbonyl (C=O) groups is 1. The fraction of sp³-hybridized carbons (Fsp3) is 0.174. The van der Waals surface area contributed by atoms with Crippen LogP contribution in [0.5, 0.6) is 0 Å². The van der Waals surface area contributed by atoms with Crippen LogP contribution in [0, 0.1) is 13.8 Å². The summed E-state index contributed by atoms with van der Waals surface area (Å²) in [5, 5.41) is 3.14. The highest BCUT2D eigenvalue weighted by molar-refractivity contribution is 8.00. The number of nitrogens with zero attached hydrogens (tertiary/aromatic N) is 4. The lowest BCUT2D eigenvalue weighted by Crippen LogP contribution is -2.26. The van der Waals surface area contributed by atoms with E-state index >= 15 is 0 Å². The van der Waals surface area contributed by atoms with Crippen molar-refractivity contribution >= 4 is 34.5 Å². The molecule has 2 aromatic carbocycles. The SMILES string of the molecule is Cc1ccc(-n2c(SC(C)C(=O)Nc3ncccn3)nc3ccccc3c2=O)cc1C. The Balaban J connectivity index is 1.76. The van der Waals surface area contributed by atoms with Crippen LogP contribution in [0.1, 0.15) is 18.1 Å². The molecule has 1 amide bonds. The summed E-state index contributed by atoms with van der Waals surface area (Å²) in [5.74, 6) is -0.0387. The predicted molar refractivity (Wildman–Crippen MR) is 123 cm³/mol. The highest BCUT2D eigenvalue weighted by Crippen LogP contribution is 2.26. The van der Waals surface area contributed by atoms with Gasteiger partial charge in [0.25, 0.3) is 5.56 Å². The first-order valence-corrected chi connectivity index (χ1v) is 10.7. The highest BCUT2D eigenvalue weighted by atomic mass is 32.2. The minimum atomic E-state index is -0.533. The zero-order chi connectivity index (χ0) is 22.0. The van der Waals surface area contributed by atoms with Gasteiger partial charge in [0, 0.05) is 12.4 Å². The molecule has 0 radical (unpaired) electrons. The first-order chi connectivity index (χ1) is 14.9. The number of rotatable bonds is 5. The van der Waals surface area contributed by atoms with E-state index in [9.17, 15) is 9.59 Å². The largest absolute Gasteiger partial charge is 0.294 e. The van der Waals surface area contributed by atoms with Crippen LogP contribution in [0.4, 0.5) is 5.95 Å². The van der Waals surface area contributed by atoms with Gasteiger partial charge in [-0.15, -0.1) is 0 Å². The molecule has 8 heteroatoms. The Kier molecular flexibility index (Phi) is 5.81. The molecule has 4 aromatic rings. The second kappa shape index (κ2) is 8.69. The van der Waals surface area contributed by atoms with Gasteiger partial charge in [0.2, 0.25) is 11.9 Å². The third kappa shape index (κ3) is 4.34. The molecule has 0 fully saturated rings. The molecular weight excluding hydrogens is 410 g/mol. The topological polar surface area (TPSA) is 89.8 Å². The van der Waals surface area contributed by atoms with Crippen LogP contribution < -0.4 is 10.9 Å². The van der Waals surface area contributed by atoms with Crippen molar-refractivity contribution in [2.24, 2.45) is 0 Å². The molecule has 1 unspecified atom stereocenters. The smallest absolute Gasteiger partial charge is 0.266 e. The van der Waals surface area contributed by atoms with Gasteiger partial charge in [-0.25, -0.2) is 15.0 Å². The van der Waals surface area contributed by atoms with E-state index in [1.54, 1.807) is 42.1 Å². The van der Waals surface area contributed by atoms with Crippen molar-refractivity contribution in [3.63, 3.8) is 0 Å². The summed E-state index contributed by atoms with van der Waals surface area (Å²) in [4.78, 5) is 38.8. The molecule has 0 bridgehead atoms. The lowest BCUT2D eigenvalue weighted by Gasteiger charge is -2.17. The molecule has 1 N–H and O–H groups in total. The van der Waals surface area contributed by atoms with Gasteiger partial charge in [0.15, 0.2) is 5.16 Å². The number of carbonyl (C=O) groups excluding carboxylic acids is 1. The Hall–Kier alpha value is -3.52. The fourth-order valence-electron chi connectivity index (χ4n) is 3.07. The molecule has 0 aliphatic rings. The molecule has 31 heavy (non-hydrogen) atoms. The Bertz CT molecular complexity index is 1320. The number of benzene rings is 2. The molecule has 7 nitrogen and oxygen atoms in total. The lowest BCUT2D eigenvalue weighted by atomic mass is 10.1. The molecule has 2 aromatic heterocycles. The van der Waals surface area contributed by atoms with Crippen molar-refractivity contribution in [3.8, 4) is 5.69 Å². The van der Waals surface area contributed by atoms with Gasteiger partial charge in [0.05, 0.1) is 21.8 Å². The molecule has 0 aliphatic carbocycles. The maximum atomic E-state index is 13.4. The molecule has 156 valence electrons. The van der Waals surface area contributed by atoms with Gasteiger partial charge in [-0.05, 0) is 62.2 Å². The van der Waals surface area contributed by atoms with Crippen LogP contribution in [0.2, 0.25) is 0 Å². The average Bonchev–Trinajstić information content (AvgIpc) is 2.77. The van der Waals surface area contributed by atoms with Crippen LogP contribution in [-0.2, 0) is 4.79 Å². The van der Waals surface area contributed by atoms with Gasteiger partial charge in [0.1, 0.15) is 0 Å². The number of hydrogen-bond acceptors (Lipinski definition) is 6. The molecule has 0 saturated heterocycles. The zero-order valence-corrected chi connectivity index (χ0v) is 18.2. The summed E-state index contributed by atoms with van der Waals surface area (Å²) >= 11 is 1.22. The lowest BCUT2D eigenvalue weighted by molar-refractivity contribution is -0.115. The monoisotopic (exact) mass is 431 g/mol. The van der Waals surface area contributed by atoms with Crippen molar-refractivity contribution in [1.82, 2.24) is 19.5 Å². The maximum absolute atomic E-state index is 13.4. The molecular formula is C23H21N5O2S. The third-order valence-corrected chi connectivity index (χ3v) is 6.00. The van der Waals surface area contributed by atoms with E-state index in [0.29, 0.717) is 21.7 Å².